The lowest BCUT2D eigenvalue weighted by atomic mass is 9.77. The van der Waals surface area contributed by atoms with E-state index in [1.54, 1.807) is 54.6 Å². The van der Waals surface area contributed by atoms with Crippen LogP contribution in [-0.2, 0) is 11.3 Å². The lowest BCUT2D eigenvalue weighted by Gasteiger charge is -2.40. The van der Waals surface area contributed by atoms with E-state index in [0.717, 1.165) is 4.90 Å². The van der Waals surface area contributed by atoms with Crippen molar-refractivity contribution in [2.24, 2.45) is 0 Å². The highest BCUT2D eigenvalue weighted by atomic mass is 19.1. The van der Waals surface area contributed by atoms with Crippen molar-refractivity contribution in [3.05, 3.63) is 123 Å². The number of benzene rings is 3. The number of rotatable bonds is 7. The number of ether oxygens (including phenoxy) is 1. The molecule has 0 fully saturated rings. The number of aliphatic hydroxyl groups excluding tert-OH is 2. The number of hydrogen-bond donors (Lipinski definition) is 3. The molecule has 214 valence electrons. The first kappa shape index (κ1) is 27.4. The zero-order valence-corrected chi connectivity index (χ0v) is 22.3. The Balaban J connectivity index is 1.48. The Kier molecular flexibility index (Phi) is 7.32. The Hall–Kier alpha value is -4.80. The maximum absolute atomic E-state index is 14.9. The standard InChI is InChI=1S/C32H27FN2O7/c33-23-10-4-1-8-19(23)17-35(31(39)22-15-18-7-2-5-11-25(18)42-32(22)40)24-16-21(30(38)34-13-14-36)27-20-9-3-6-12-26(20)41-29(27)28(24)37/h1-12,15-16,24,27-29,36-37H,13-14,17H2,(H,34,38)/t24-,27+,28+,29+/m1/s1. The third kappa shape index (κ3) is 4.84. The van der Waals surface area contributed by atoms with Gasteiger partial charge in [-0.3, -0.25) is 9.59 Å². The molecule has 0 radical (unpaired) electrons. The molecule has 1 aliphatic heterocycles. The van der Waals surface area contributed by atoms with Crippen molar-refractivity contribution < 1.29 is 33.3 Å². The molecule has 4 aromatic rings. The molecule has 4 atom stereocenters. The van der Waals surface area contributed by atoms with E-state index in [1.165, 1.54) is 30.3 Å². The van der Waals surface area contributed by atoms with Crippen molar-refractivity contribution in [3.8, 4) is 5.75 Å². The monoisotopic (exact) mass is 570 g/mol. The van der Waals surface area contributed by atoms with Crippen LogP contribution in [-0.4, -0.2) is 58.3 Å². The van der Waals surface area contributed by atoms with E-state index in [9.17, 15) is 29.0 Å². The number of carbonyl (C=O) groups excluding carboxylic acids is 2. The van der Waals surface area contributed by atoms with E-state index < -0.39 is 47.4 Å². The summed E-state index contributed by atoms with van der Waals surface area (Å²) in [4.78, 5) is 41.7. The summed E-state index contributed by atoms with van der Waals surface area (Å²) < 4.78 is 26.4. The van der Waals surface area contributed by atoms with E-state index in [2.05, 4.69) is 5.32 Å². The van der Waals surface area contributed by atoms with Crippen LogP contribution in [0.1, 0.15) is 27.4 Å². The van der Waals surface area contributed by atoms with Gasteiger partial charge in [0.1, 0.15) is 34.9 Å². The van der Waals surface area contributed by atoms with E-state index in [4.69, 9.17) is 9.15 Å². The largest absolute Gasteiger partial charge is 0.486 e. The normalized spacial score (nSPS) is 20.7. The molecule has 0 unspecified atom stereocenters. The summed E-state index contributed by atoms with van der Waals surface area (Å²) in [6.45, 7) is -0.632. The van der Waals surface area contributed by atoms with Crippen LogP contribution in [0.3, 0.4) is 0 Å². The highest BCUT2D eigenvalue weighted by Gasteiger charge is 2.50. The highest BCUT2D eigenvalue weighted by Crippen LogP contribution is 2.47. The van der Waals surface area contributed by atoms with Gasteiger partial charge < -0.3 is 29.6 Å². The average Bonchev–Trinajstić information content (AvgIpc) is 3.39. The zero-order chi connectivity index (χ0) is 29.4. The number of fused-ring (bicyclic) bond motifs is 4. The molecular formula is C32H27FN2O7. The van der Waals surface area contributed by atoms with E-state index in [-0.39, 0.29) is 36.4 Å². The van der Waals surface area contributed by atoms with Crippen LogP contribution in [0, 0.1) is 5.82 Å². The molecule has 1 aliphatic carbocycles. The summed E-state index contributed by atoms with van der Waals surface area (Å²) in [6.07, 6.45) is -0.859. The fourth-order valence-electron chi connectivity index (χ4n) is 5.68. The quantitative estimate of drug-likeness (QED) is 0.292. The first-order valence-electron chi connectivity index (χ1n) is 13.5. The second-order valence-corrected chi connectivity index (χ2v) is 10.2. The number of aliphatic hydroxyl groups is 2. The summed E-state index contributed by atoms with van der Waals surface area (Å²) in [7, 11) is 0. The molecule has 2 amide bonds. The van der Waals surface area contributed by atoms with Gasteiger partial charge in [-0.25, -0.2) is 9.18 Å². The van der Waals surface area contributed by atoms with Crippen LogP contribution in [0.25, 0.3) is 11.0 Å². The number of carbonyl (C=O) groups is 2. The molecule has 2 heterocycles. The molecule has 42 heavy (non-hydrogen) atoms. The lowest BCUT2D eigenvalue weighted by molar-refractivity contribution is -0.118. The van der Waals surface area contributed by atoms with Gasteiger partial charge in [0.05, 0.1) is 18.6 Å². The van der Waals surface area contributed by atoms with Gasteiger partial charge in [0, 0.05) is 35.2 Å². The fourth-order valence-corrected chi connectivity index (χ4v) is 5.68. The van der Waals surface area contributed by atoms with Gasteiger partial charge in [0.15, 0.2) is 0 Å². The predicted octanol–water partition coefficient (Wildman–Crippen LogP) is 2.90. The molecule has 10 heteroatoms. The topological polar surface area (TPSA) is 129 Å². The molecule has 0 spiro atoms. The first-order chi connectivity index (χ1) is 20.4. The van der Waals surface area contributed by atoms with Gasteiger partial charge in [-0.2, -0.15) is 0 Å². The molecule has 9 nitrogen and oxygen atoms in total. The van der Waals surface area contributed by atoms with Crippen LogP contribution >= 0.6 is 0 Å². The number of amides is 2. The first-order valence-corrected chi connectivity index (χ1v) is 13.5. The van der Waals surface area contributed by atoms with E-state index in [0.29, 0.717) is 22.3 Å². The molecule has 3 aromatic carbocycles. The smallest absolute Gasteiger partial charge is 0.349 e. The van der Waals surface area contributed by atoms with Gasteiger partial charge in [-0.1, -0.05) is 54.6 Å². The van der Waals surface area contributed by atoms with Gasteiger partial charge in [-0.15, -0.1) is 0 Å². The summed E-state index contributed by atoms with van der Waals surface area (Å²) >= 11 is 0. The van der Waals surface area contributed by atoms with Crippen molar-refractivity contribution in [1.29, 1.82) is 0 Å². The van der Waals surface area contributed by atoms with Crippen molar-refractivity contribution in [2.45, 2.75) is 30.7 Å². The molecule has 0 bridgehead atoms. The Morgan fingerprint density at radius 3 is 2.55 bits per heavy atom. The Bertz CT molecular complexity index is 1770. The number of halogens is 1. The van der Waals surface area contributed by atoms with E-state index in [1.807, 2.05) is 0 Å². The minimum Gasteiger partial charge on any atom is -0.486 e. The van der Waals surface area contributed by atoms with Crippen molar-refractivity contribution in [1.82, 2.24) is 10.2 Å². The maximum atomic E-state index is 14.9. The summed E-state index contributed by atoms with van der Waals surface area (Å²) in [5, 5.41) is 24.2. The van der Waals surface area contributed by atoms with Crippen LogP contribution in [0.15, 0.2) is 99.7 Å². The SMILES string of the molecule is O=C(NCCO)C1=C[C@@H](N(Cc2ccccc2F)C(=O)c2cc3ccccc3oc2=O)[C@H](O)[C@H]2Oc3ccccc3[C@@H]12. The molecular weight excluding hydrogens is 543 g/mol. The van der Waals surface area contributed by atoms with Crippen molar-refractivity contribution >= 4 is 22.8 Å². The second-order valence-electron chi connectivity index (χ2n) is 10.2. The molecule has 0 saturated carbocycles. The van der Waals surface area contributed by atoms with Crippen LogP contribution in [0.4, 0.5) is 4.39 Å². The minimum atomic E-state index is -1.36. The molecule has 6 rings (SSSR count). The van der Waals surface area contributed by atoms with Crippen LogP contribution in [0.5, 0.6) is 5.75 Å². The number of hydrogen-bond acceptors (Lipinski definition) is 7. The lowest BCUT2D eigenvalue weighted by Crippen LogP contribution is -2.56. The summed E-state index contributed by atoms with van der Waals surface area (Å²) in [6, 6.07) is 19.8. The highest BCUT2D eigenvalue weighted by molar-refractivity contribution is 5.98. The third-order valence-corrected chi connectivity index (χ3v) is 7.67. The Labute approximate surface area is 239 Å². The van der Waals surface area contributed by atoms with Gasteiger partial charge >= 0.3 is 5.63 Å². The molecule has 1 aromatic heterocycles. The maximum Gasteiger partial charge on any atom is 0.349 e. The predicted molar refractivity (Wildman–Crippen MR) is 150 cm³/mol. The Morgan fingerprint density at radius 2 is 1.74 bits per heavy atom. The van der Waals surface area contributed by atoms with Crippen molar-refractivity contribution in [3.63, 3.8) is 0 Å². The van der Waals surface area contributed by atoms with Crippen LogP contribution < -0.4 is 15.7 Å². The fraction of sp³-hybridized carbons (Fsp3) is 0.219. The van der Waals surface area contributed by atoms with Gasteiger partial charge in [-0.05, 0) is 30.3 Å². The van der Waals surface area contributed by atoms with Gasteiger partial charge in [0.25, 0.3) is 5.91 Å². The number of para-hydroxylation sites is 2. The zero-order valence-electron chi connectivity index (χ0n) is 22.3. The average molecular weight is 571 g/mol. The summed E-state index contributed by atoms with van der Waals surface area (Å²) in [5.41, 5.74) is 0.128. The number of nitrogens with zero attached hydrogens (tertiary/aromatic N) is 1. The van der Waals surface area contributed by atoms with E-state index >= 15 is 0 Å². The number of nitrogens with one attached hydrogen (secondary N) is 1. The van der Waals surface area contributed by atoms with Crippen LogP contribution in [0.2, 0.25) is 0 Å². The Morgan fingerprint density at radius 1 is 1.00 bits per heavy atom. The molecule has 3 N–H and O–H groups in total. The minimum absolute atomic E-state index is 0.0146. The molecule has 0 saturated heterocycles. The van der Waals surface area contributed by atoms with Crippen molar-refractivity contribution in [2.75, 3.05) is 13.2 Å². The molecule has 2 aliphatic rings. The van der Waals surface area contributed by atoms with Gasteiger partial charge in [0.2, 0.25) is 5.91 Å². The second kappa shape index (κ2) is 11.2. The summed E-state index contributed by atoms with van der Waals surface area (Å²) in [5.74, 6) is -2.10. The third-order valence-electron chi connectivity index (χ3n) is 7.67.